The Morgan fingerprint density at radius 1 is 1.31 bits per heavy atom. The fraction of sp³-hybridized carbons (Fsp3) is 0.250. The molecule has 0 aliphatic heterocycles. The van der Waals surface area contributed by atoms with Crippen LogP contribution in [0.15, 0.2) is 16.6 Å². The quantitative estimate of drug-likeness (QED) is 0.550. The van der Waals surface area contributed by atoms with Crippen LogP contribution in [-0.4, -0.2) is 11.3 Å². The highest BCUT2D eigenvalue weighted by Gasteiger charge is 2.40. The van der Waals surface area contributed by atoms with Crippen LogP contribution in [0.5, 0.6) is 5.75 Å². The molecule has 0 bridgehead atoms. The molecule has 0 fully saturated rings. The van der Waals surface area contributed by atoms with Crippen LogP contribution in [0.1, 0.15) is 11.6 Å². The number of hydrogen-bond donors (Lipinski definition) is 3. The van der Waals surface area contributed by atoms with Crippen molar-refractivity contribution in [1.29, 1.82) is 0 Å². The van der Waals surface area contributed by atoms with Gasteiger partial charge in [0, 0.05) is 10.0 Å². The van der Waals surface area contributed by atoms with Gasteiger partial charge >= 0.3 is 6.18 Å². The maximum absolute atomic E-state index is 12.3. The minimum Gasteiger partial charge on any atom is -0.505 e. The smallest absolute Gasteiger partial charge is 0.407 e. The number of benzene rings is 1. The third-order valence-electron chi connectivity index (χ3n) is 1.86. The third-order valence-corrected chi connectivity index (χ3v) is 2.55. The first-order chi connectivity index (χ1) is 6.75. The van der Waals surface area contributed by atoms with E-state index in [0.717, 1.165) is 0 Å². The summed E-state index contributed by atoms with van der Waals surface area (Å²) in [5.74, 6) is -0.644. The Bertz CT molecular complexity index is 386. The van der Waals surface area contributed by atoms with E-state index in [1.807, 2.05) is 0 Å². The molecule has 8 heteroatoms. The molecule has 0 amide bonds. The average Bonchev–Trinajstić information content (AvgIpc) is 2.10. The van der Waals surface area contributed by atoms with Gasteiger partial charge in [0.2, 0.25) is 0 Å². The predicted molar refractivity (Wildman–Crippen MR) is 60.5 cm³/mol. The van der Waals surface area contributed by atoms with E-state index in [0.29, 0.717) is 0 Å². The summed E-state index contributed by atoms with van der Waals surface area (Å²) < 4.78 is 37.1. The van der Waals surface area contributed by atoms with Gasteiger partial charge in [-0.2, -0.15) is 13.2 Å². The minimum absolute atomic E-state index is 0. The number of phenols is 1. The van der Waals surface area contributed by atoms with Crippen LogP contribution in [0.25, 0.3) is 0 Å². The van der Waals surface area contributed by atoms with Crippen LogP contribution >= 0.6 is 28.3 Å². The van der Waals surface area contributed by atoms with E-state index in [4.69, 9.17) is 11.5 Å². The number of alkyl halides is 3. The van der Waals surface area contributed by atoms with Gasteiger partial charge in [-0.3, -0.25) is 0 Å². The summed E-state index contributed by atoms with van der Waals surface area (Å²) in [6.07, 6.45) is -4.63. The zero-order chi connectivity index (χ0) is 11.8. The second-order valence-corrected chi connectivity index (χ2v) is 3.77. The summed E-state index contributed by atoms with van der Waals surface area (Å²) in [4.78, 5) is 0. The first-order valence-corrected chi connectivity index (χ1v) is 4.63. The summed E-state index contributed by atoms with van der Waals surface area (Å²) in [7, 11) is 0. The van der Waals surface area contributed by atoms with Gasteiger partial charge in [0.05, 0.1) is 5.69 Å². The van der Waals surface area contributed by atoms with Gasteiger partial charge in [0.1, 0.15) is 11.8 Å². The monoisotopic (exact) mass is 320 g/mol. The molecule has 1 atom stereocenters. The molecule has 1 aromatic rings. The molecule has 0 saturated heterocycles. The number of phenolic OH excluding ortho intramolecular Hbond substituents is 1. The van der Waals surface area contributed by atoms with Gasteiger partial charge in [0.15, 0.2) is 0 Å². The highest BCUT2D eigenvalue weighted by atomic mass is 79.9. The highest BCUT2D eigenvalue weighted by Crippen LogP contribution is 2.41. The Balaban J connectivity index is 0.00000225. The Morgan fingerprint density at radius 2 is 1.81 bits per heavy atom. The number of hydrogen-bond acceptors (Lipinski definition) is 3. The van der Waals surface area contributed by atoms with E-state index in [1.54, 1.807) is 0 Å². The van der Waals surface area contributed by atoms with Gasteiger partial charge in [-0.15, -0.1) is 12.4 Å². The first-order valence-electron chi connectivity index (χ1n) is 3.84. The fourth-order valence-electron chi connectivity index (χ4n) is 1.06. The van der Waals surface area contributed by atoms with Crippen molar-refractivity contribution in [2.75, 3.05) is 5.73 Å². The normalized spacial score (nSPS) is 13.1. The number of anilines is 1. The van der Waals surface area contributed by atoms with Crippen molar-refractivity contribution in [2.24, 2.45) is 5.73 Å². The molecule has 0 saturated carbocycles. The van der Waals surface area contributed by atoms with Gasteiger partial charge in [-0.05, 0) is 12.1 Å². The van der Waals surface area contributed by atoms with Crippen molar-refractivity contribution in [3.8, 4) is 5.75 Å². The molecule has 0 unspecified atom stereocenters. The van der Waals surface area contributed by atoms with Crippen LogP contribution in [0.3, 0.4) is 0 Å². The lowest BCUT2D eigenvalue weighted by Crippen LogP contribution is -2.29. The van der Waals surface area contributed by atoms with Crippen molar-refractivity contribution in [3.63, 3.8) is 0 Å². The summed E-state index contributed by atoms with van der Waals surface area (Å²) in [6, 6.07) is 0.317. The molecule has 1 aromatic carbocycles. The maximum Gasteiger partial charge on any atom is 0.407 e. The van der Waals surface area contributed by atoms with E-state index >= 15 is 0 Å². The minimum atomic E-state index is -4.63. The Kier molecular flexibility index (Phi) is 4.90. The zero-order valence-electron chi connectivity index (χ0n) is 7.75. The molecule has 0 aliphatic rings. The zero-order valence-corrected chi connectivity index (χ0v) is 10.2. The molecule has 0 radical (unpaired) electrons. The summed E-state index contributed by atoms with van der Waals surface area (Å²) in [5.41, 5.74) is 9.65. The first kappa shape index (κ1) is 15.3. The number of halogens is 5. The van der Waals surface area contributed by atoms with Crippen LogP contribution in [0.4, 0.5) is 18.9 Å². The number of rotatable bonds is 1. The van der Waals surface area contributed by atoms with Crippen molar-refractivity contribution >= 4 is 34.0 Å². The maximum atomic E-state index is 12.3. The summed E-state index contributed by atoms with van der Waals surface area (Å²) in [6.45, 7) is 0. The van der Waals surface area contributed by atoms with Gasteiger partial charge < -0.3 is 16.6 Å². The molecule has 0 aliphatic carbocycles. The fourth-order valence-corrected chi connectivity index (χ4v) is 1.63. The van der Waals surface area contributed by atoms with E-state index < -0.39 is 23.5 Å². The summed E-state index contributed by atoms with van der Waals surface area (Å²) >= 11 is 2.88. The lowest BCUT2D eigenvalue weighted by molar-refractivity contribution is -0.149. The molecule has 1 rings (SSSR count). The van der Waals surface area contributed by atoms with Gasteiger partial charge in [-0.25, -0.2) is 0 Å². The van der Waals surface area contributed by atoms with Crippen molar-refractivity contribution in [3.05, 3.63) is 22.2 Å². The number of nitrogens with two attached hydrogens (primary N) is 2. The molecule has 0 aromatic heterocycles. The molecular formula is C8H9BrClF3N2O. The number of nitrogen functional groups attached to an aromatic ring is 1. The second kappa shape index (κ2) is 5.11. The van der Waals surface area contributed by atoms with Crippen molar-refractivity contribution in [2.45, 2.75) is 12.2 Å². The standard InChI is InChI=1S/C8H8BrF3N2O.ClH/c9-3-1-2-4(13)6(15)5(3)7(14)8(10,11)12;/h1-2,7,15H,13-14H2;1H/t7-;/m0./s1. The van der Waals surface area contributed by atoms with Crippen LogP contribution in [0.2, 0.25) is 0 Å². The van der Waals surface area contributed by atoms with Gasteiger partial charge in [0.25, 0.3) is 0 Å². The van der Waals surface area contributed by atoms with Crippen LogP contribution in [0, 0.1) is 0 Å². The SMILES string of the molecule is Cl.Nc1ccc(Br)c([C@H](N)C(F)(F)F)c1O. The third kappa shape index (κ3) is 2.93. The highest BCUT2D eigenvalue weighted by molar-refractivity contribution is 9.10. The topological polar surface area (TPSA) is 72.3 Å². The van der Waals surface area contributed by atoms with Crippen molar-refractivity contribution in [1.82, 2.24) is 0 Å². The largest absolute Gasteiger partial charge is 0.505 e. The molecule has 5 N–H and O–H groups in total. The Morgan fingerprint density at radius 3 is 2.25 bits per heavy atom. The molecule has 3 nitrogen and oxygen atoms in total. The van der Waals surface area contributed by atoms with E-state index in [9.17, 15) is 18.3 Å². The van der Waals surface area contributed by atoms with Gasteiger partial charge in [-0.1, -0.05) is 15.9 Å². The molecular weight excluding hydrogens is 312 g/mol. The second-order valence-electron chi connectivity index (χ2n) is 2.92. The predicted octanol–water partition coefficient (Wildman–Crippen LogP) is 2.72. The summed E-state index contributed by atoms with van der Waals surface area (Å²) in [5, 5.41) is 9.38. The van der Waals surface area contributed by atoms with E-state index in [1.165, 1.54) is 12.1 Å². The molecule has 0 spiro atoms. The Labute approximate surface area is 104 Å². The molecule has 92 valence electrons. The van der Waals surface area contributed by atoms with Crippen LogP contribution < -0.4 is 11.5 Å². The van der Waals surface area contributed by atoms with Crippen LogP contribution in [-0.2, 0) is 0 Å². The lowest BCUT2D eigenvalue weighted by atomic mass is 10.1. The molecule has 0 heterocycles. The van der Waals surface area contributed by atoms with Crippen molar-refractivity contribution < 1.29 is 18.3 Å². The number of aromatic hydroxyl groups is 1. The average molecular weight is 322 g/mol. The Hall–Kier alpha value is -0.660. The lowest BCUT2D eigenvalue weighted by Gasteiger charge is -2.19. The molecule has 16 heavy (non-hydrogen) atoms. The van der Waals surface area contributed by atoms with E-state index in [-0.39, 0.29) is 22.6 Å². The van der Waals surface area contributed by atoms with E-state index in [2.05, 4.69) is 15.9 Å².